The third-order valence-corrected chi connectivity index (χ3v) is 1.77. The molecule has 0 bridgehead atoms. The van der Waals surface area contributed by atoms with Crippen molar-refractivity contribution in [2.75, 3.05) is 0 Å². The van der Waals surface area contributed by atoms with Crippen LogP contribution < -0.4 is 5.73 Å². The predicted molar refractivity (Wildman–Crippen MR) is 47.7 cm³/mol. The molecule has 1 rings (SSSR count). The molecule has 4 N–H and O–H groups in total. The number of hydrogen-bond donors (Lipinski definition) is 3. The standard InChI is InChI=1S/C9H11NO3/c1-5(10)7-3-2-6(9(12)13)4-8(7)11/h2-5,11H,10H2,1H3,(H,12,13). The number of rotatable bonds is 2. The Labute approximate surface area is 75.6 Å². The third-order valence-electron chi connectivity index (χ3n) is 1.77. The maximum Gasteiger partial charge on any atom is 0.335 e. The Bertz CT molecular complexity index is 334. The summed E-state index contributed by atoms with van der Waals surface area (Å²) in [6.45, 7) is 1.72. The van der Waals surface area contributed by atoms with E-state index >= 15 is 0 Å². The second-order valence-corrected chi connectivity index (χ2v) is 2.87. The van der Waals surface area contributed by atoms with Gasteiger partial charge in [-0.05, 0) is 19.1 Å². The van der Waals surface area contributed by atoms with Crippen LogP contribution in [0.15, 0.2) is 18.2 Å². The molecule has 0 amide bonds. The van der Waals surface area contributed by atoms with Gasteiger partial charge >= 0.3 is 5.97 Å². The number of nitrogens with two attached hydrogens (primary N) is 1. The smallest absolute Gasteiger partial charge is 0.335 e. The number of carboxylic acid groups (broad SMARTS) is 1. The lowest BCUT2D eigenvalue weighted by atomic mass is 10.1. The van der Waals surface area contributed by atoms with Crippen molar-refractivity contribution in [1.82, 2.24) is 0 Å². The summed E-state index contributed by atoms with van der Waals surface area (Å²) in [4.78, 5) is 10.5. The molecule has 4 heteroatoms. The van der Waals surface area contributed by atoms with Crippen molar-refractivity contribution in [2.45, 2.75) is 13.0 Å². The first-order chi connectivity index (χ1) is 6.02. The number of aromatic carboxylic acids is 1. The number of hydrogen-bond acceptors (Lipinski definition) is 3. The minimum absolute atomic E-state index is 0.0573. The van der Waals surface area contributed by atoms with Crippen LogP contribution in [0.3, 0.4) is 0 Å². The molecule has 0 aliphatic heterocycles. The summed E-state index contributed by atoms with van der Waals surface area (Å²) in [5.41, 5.74) is 6.14. The Kier molecular flexibility index (Phi) is 2.53. The minimum Gasteiger partial charge on any atom is -0.508 e. The van der Waals surface area contributed by atoms with Gasteiger partial charge in [-0.3, -0.25) is 0 Å². The Morgan fingerprint density at radius 3 is 2.54 bits per heavy atom. The quantitative estimate of drug-likeness (QED) is 0.638. The fourth-order valence-electron chi connectivity index (χ4n) is 1.06. The van der Waals surface area contributed by atoms with Crippen LogP contribution in [0.5, 0.6) is 5.75 Å². The highest BCUT2D eigenvalue weighted by Crippen LogP contribution is 2.23. The molecule has 1 atom stereocenters. The van der Waals surface area contributed by atoms with E-state index in [0.717, 1.165) is 0 Å². The molecule has 0 aliphatic rings. The highest BCUT2D eigenvalue weighted by molar-refractivity contribution is 5.88. The first kappa shape index (κ1) is 9.54. The molecule has 0 radical (unpaired) electrons. The second kappa shape index (κ2) is 3.45. The van der Waals surface area contributed by atoms with Gasteiger partial charge in [0.25, 0.3) is 0 Å². The van der Waals surface area contributed by atoms with E-state index in [1.54, 1.807) is 6.92 Å². The van der Waals surface area contributed by atoms with Crippen molar-refractivity contribution in [1.29, 1.82) is 0 Å². The maximum atomic E-state index is 10.5. The molecule has 0 fully saturated rings. The van der Waals surface area contributed by atoms with Crippen LogP contribution in [0.2, 0.25) is 0 Å². The molecule has 0 saturated heterocycles. The number of phenols is 1. The van der Waals surface area contributed by atoms with Gasteiger partial charge in [-0.25, -0.2) is 4.79 Å². The highest BCUT2D eigenvalue weighted by atomic mass is 16.4. The van der Waals surface area contributed by atoms with E-state index < -0.39 is 5.97 Å². The molecule has 1 aromatic carbocycles. The molecule has 1 aromatic rings. The number of aromatic hydroxyl groups is 1. The zero-order valence-electron chi connectivity index (χ0n) is 7.19. The van der Waals surface area contributed by atoms with Crippen LogP contribution in [0.1, 0.15) is 28.9 Å². The lowest BCUT2D eigenvalue weighted by Gasteiger charge is -2.08. The zero-order chi connectivity index (χ0) is 10.0. The second-order valence-electron chi connectivity index (χ2n) is 2.87. The molecule has 1 unspecified atom stereocenters. The lowest BCUT2D eigenvalue weighted by molar-refractivity contribution is 0.0696. The molecule has 13 heavy (non-hydrogen) atoms. The Balaban J connectivity index is 3.13. The van der Waals surface area contributed by atoms with Crippen molar-refractivity contribution < 1.29 is 15.0 Å². The molecule has 0 aliphatic carbocycles. The molecule has 0 saturated carbocycles. The number of benzene rings is 1. The summed E-state index contributed by atoms with van der Waals surface area (Å²) < 4.78 is 0. The fraction of sp³-hybridized carbons (Fsp3) is 0.222. The van der Waals surface area contributed by atoms with Crippen molar-refractivity contribution in [3.63, 3.8) is 0 Å². The molecule has 0 aromatic heterocycles. The van der Waals surface area contributed by atoms with Crippen LogP contribution in [-0.2, 0) is 0 Å². The number of phenolic OH excluding ortho intramolecular Hbond substituents is 1. The summed E-state index contributed by atoms with van der Waals surface area (Å²) in [6, 6.07) is 3.83. The molecule has 4 nitrogen and oxygen atoms in total. The van der Waals surface area contributed by atoms with Crippen LogP contribution in [0.4, 0.5) is 0 Å². The summed E-state index contributed by atoms with van der Waals surface area (Å²) in [5, 5.41) is 18.0. The van der Waals surface area contributed by atoms with E-state index in [0.29, 0.717) is 5.56 Å². The summed E-state index contributed by atoms with van der Waals surface area (Å²) >= 11 is 0. The minimum atomic E-state index is -1.06. The van der Waals surface area contributed by atoms with E-state index in [4.69, 9.17) is 10.8 Å². The SMILES string of the molecule is CC(N)c1ccc(C(=O)O)cc1O. The Hall–Kier alpha value is -1.55. The van der Waals surface area contributed by atoms with E-state index in [1.165, 1.54) is 18.2 Å². The Morgan fingerprint density at radius 2 is 2.15 bits per heavy atom. The van der Waals surface area contributed by atoms with E-state index in [1.807, 2.05) is 0 Å². The monoisotopic (exact) mass is 181 g/mol. The van der Waals surface area contributed by atoms with Gasteiger partial charge in [0.05, 0.1) is 5.56 Å². The van der Waals surface area contributed by atoms with Gasteiger partial charge in [0.15, 0.2) is 0 Å². The van der Waals surface area contributed by atoms with E-state index in [-0.39, 0.29) is 17.4 Å². The van der Waals surface area contributed by atoms with Gasteiger partial charge in [-0.2, -0.15) is 0 Å². The van der Waals surface area contributed by atoms with Gasteiger partial charge in [0.2, 0.25) is 0 Å². The summed E-state index contributed by atoms with van der Waals surface area (Å²) in [6.07, 6.45) is 0. The van der Waals surface area contributed by atoms with Gasteiger partial charge in [0, 0.05) is 11.6 Å². The molecule has 0 spiro atoms. The average molecular weight is 181 g/mol. The predicted octanol–water partition coefficient (Wildman–Crippen LogP) is 1.11. The third kappa shape index (κ3) is 1.97. The summed E-state index contributed by atoms with van der Waals surface area (Å²) in [7, 11) is 0. The van der Waals surface area contributed by atoms with E-state index in [2.05, 4.69) is 0 Å². The molecular weight excluding hydrogens is 170 g/mol. The van der Waals surface area contributed by atoms with Crippen LogP contribution >= 0.6 is 0 Å². The average Bonchev–Trinajstić information content (AvgIpc) is 2.03. The van der Waals surface area contributed by atoms with Gasteiger partial charge in [-0.1, -0.05) is 6.07 Å². The lowest BCUT2D eigenvalue weighted by Crippen LogP contribution is -2.06. The van der Waals surface area contributed by atoms with Crippen molar-refractivity contribution in [3.8, 4) is 5.75 Å². The molecular formula is C9H11NO3. The van der Waals surface area contributed by atoms with Gasteiger partial charge < -0.3 is 15.9 Å². The maximum absolute atomic E-state index is 10.5. The van der Waals surface area contributed by atoms with Gasteiger partial charge in [0.1, 0.15) is 5.75 Å². The number of carbonyl (C=O) groups is 1. The normalized spacial score (nSPS) is 12.5. The van der Waals surface area contributed by atoms with Crippen molar-refractivity contribution in [3.05, 3.63) is 29.3 Å². The molecule has 70 valence electrons. The first-order valence-electron chi connectivity index (χ1n) is 3.84. The number of carboxylic acids is 1. The zero-order valence-corrected chi connectivity index (χ0v) is 7.19. The Morgan fingerprint density at radius 1 is 1.54 bits per heavy atom. The van der Waals surface area contributed by atoms with Crippen molar-refractivity contribution >= 4 is 5.97 Å². The van der Waals surface area contributed by atoms with Crippen LogP contribution in [-0.4, -0.2) is 16.2 Å². The van der Waals surface area contributed by atoms with Crippen molar-refractivity contribution in [2.24, 2.45) is 5.73 Å². The van der Waals surface area contributed by atoms with E-state index in [9.17, 15) is 9.90 Å². The fourth-order valence-corrected chi connectivity index (χ4v) is 1.06. The molecule has 0 heterocycles. The van der Waals surface area contributed by atoms with Gasteiger partial charge in [-0.15, -0.1) is 0 Å². The highest BCUT2D eigenvalue weighted by Gasteiger charge is 2.09. The van der Waals surface area contributed by atoms with Crippen LogP contribution in [0, 0.1) is 0 Å². The topological polar surface area (TPSA) is 83.6 Å². The summed E-state index contributed by atoms with van der Waals surface area (Å²) in [5.74, 6) is -1.14. The first-order valence-corrected chi connectivity index (χ1v) is 3.84. The van der Waals surface area contributed by atoms with Crippen LogP contribution in [0.25, 0.3) is 0 Å². The largest absolute Gasteiger partial charge is 0.508 e.